The van der Waals surface area contributed by atoms with E-state index in [4.69, 9.17) is 5.11 Å². The Hall–Kier alpha value is -1.85. The molecule has 1 aliphatic rings. The number of hydrogen-bond acceptors (Lipinski definition) is 3. The lowest BCUT2D eigenvalue weighted by Gasteiger charge is -2.04. The van der Waals surface area contributed by atoms with Crippen LogP contribution in [0.25, 0.3) is 0 Å². The highest BCUT2D eigenvalue weighted by atomic mass is 16.4. The Morgan fingerprint density at radius 2 is 2.33 bits per heavy atom. The monoisotopic (exact) mass is 209 g/mol. The van der Waals surface area contributed by atoms with Gasteiger partial charge >= 0.3 is 5.97 Å². The van der Waals surface area contributed by atoms with Crippen molar-refractivity contribution in [2.45, 2.75) is 25.4 Å². The summed E-state index contributed by atoms with van der Waals surface area (Å²) in [5.74, 6) is -1.27. The van der Waals surface area contributed by atoms with Gasteiger partial charge in [0.15, 0.2) is 0 Å². The number of hydrogen-bond donors (Lipinski definition) is 2. The zero-order valence-corrected chi connectivity index (χ0v) is 8.01. The molecule has 1 heterocycles. The zero-order chi connectivity index (χ0) is 10.8. The first kappa shape index (κ1) is 9.70. The lowest BCUT2D eigenvalue weighted by molar-refractivity contribution is -0.137. The minimum absolute atomic E-state index is 0.253. The van der Waals surface area contributed by atoms with Gasteiger partial charge < -0.3 is 10.4 Å². The maximum Gasteiger partial charge on any atom is 0.325 e. The highest BCUT2D eigenvalue weighted by Gasteiger charge is 2.25. The van der Waals surface area contributed by atoms with Crippen LogP contribution in [0.3, 0.4) is 0 Å². The lowest BCUT2D eigenvalue weighted by Crippen LogP contribution is -2.28. The van der Waals surface area contributed by atoms with Gasteiger partial charge in [-0.05, 0) is 18.9 Å². The Morgan fingerprint density at radius 1 is 1.60 bits per heavy atom. The normalized spacial score (nSPS) is 14.9. The van der Waals surface area contributed by atoms with Gasteiger partial charge in [0.2, 0.25) is 0 Å². The third-order valence-electron chi connectivity index (χ3n) is 2.15. The van der Waals surface area contributed by atoms with Crippen LogP contribution in [0.2, 0.25) is 0 Å². The van der Waals surface area contributed by atoms with Crippen LogP contribution in [-0.4, -0.2) is 32.8 Å². The number of carboxylic acid groups (broad SMARTS) is 1. The second-order valence-electron chi connectivity index (χ2n) is 3.52. The summed E-state index contributed by atoms with van der Waals surface area (Å²) in [5, 5.41) is 15.2. The number of carbonyl (C=O) groups is 2. The summed E-state index contributed by atoms with van der Waals surface area (Å²) in [6.07, 6.45) is 3.42. The van der Waals surface area contributed by atoms with Crippen molar-refractivity contribution in [1.82, 2.24) is 15.1 Å². The molecule has 2 rings (SSSR count). The van der Waals surface area contributed by atoms with E-state index in [9.17, 15) is 9.59 Å². The summed E-state index contributed by atoms with van der Waals surface area (Å²) in [5.41, 5.74) is 0.296. The van der Waals surface area contributed by atoms with Crippen molar-refractivity contribution in [3.8, 4) is 0 Å². The standard InChI is InChI=1S/C9H11N3O3/c13-8(14)5-12-7(3-4-10-12)9(15)11-6-1-2-6/h3-4,6H,1-2,5H2,(H,11,15)(H,13,14). The van der Waals surface area contributed by atoms with E-state index in [-0.39, 0.29) is 18.5 Å². The number of nitrogens with zero attached hydrogens (tertiary/aromatic N) is 2. The highest BCUT2D eigenvalue weighted by Crippen LogP contribution is 2.19. The van der Waals surface area contributed by atoms with Crippen molar-refractivity contribution in [2.75, 3.05) is 0 Å². The summed E-state index contributed by atoms with van der Waals surface area (Å²) in [4.78, 5) is 22.1. The molecular weight excluding hydrogens is 198 g/mol. The number of aliphatic carboxylic acids is 1. The Morgan fingerprint density at radius 3 is 2.93 bits per heavy atom. The van der Waals surface area contributed by atoms with E-state index in [0.717, 1.165) is 12.8 Å². The molecule has 6 nitrogen and oxygen atoms in total. The fourth-order valence-corrected chi connectivity index (χ4v) is 1.27. The van der Waals surface area contributed by atoms with Crippen LogP contribution in [0.15, 0.2) is 12.3 Å². The molecule has 2 N–H and O–H groups in total. The largest absolute Gasteiger partial charge is 0.480 e. The van der Waals surface area contributed by atoms with Crippen LogP contribution in [0.1, 0.15) is 23.3 Å². The minimum atomic E-state index is -1.01. The summed E-state index contributed by atoms with van der Waals surface area (Å²) >= 11 is 0. The van der Waals surface area contributed by atoms with Crippen LogP contribution in [0.5, 0.6) is 0 Å². The number of nitrogens with one attached hydrogen (secondary N) is 1. The van der Waals surface area contributed by atoms with Crippen molar-refractivity contribution < 1.29 is 14.7 Å². The first-order valence-electron chi connectivity index (χ1n) is 4.71. The molecule has 1 fully saturated rings. The molecule has 1 aromatic heterocycles. The second-order valence-corrected chi connectivity index (χ2v) is 3.52. The topological polar surface area (TPSA) is 84.2 Å². The molecule has 1 aromatic rings. The van der Waals surface area contributed by atoms with Crippen LogP contribution < -0.4 is 5.32 Å². The third-order valence-corrected chi connectivity index (χ3v) is 2.15. The van der Waals surface area contributed by atoms with Crippen molar-refractivity contribution >= 4 is 11.9 Å². The second kappa shape index (κ2) is 3.72. The fraction of sp³-hybridized carbons (Fsp3) is 0.444. The summed E-state index contributed by atoms with van der Waals surface area (Å²) in [6, 6.07) is 1.77. The maximum atomic E-state index is 11.6. The molecule has 15 heavy (non-hydrogen) atoms. The van der Waals surface area contributed by atoms with Crippen molar-refractivity contribution in [3.05, 3.63) is 18.0 Å². The molecule has 0 atom stereocenters. The van der Waals surface area contributed by atoms with E-state index in [0.29, 0.717) is 5.69 Å². The molecule has 0 saturated heterocycles. The van der Waals surface area contributed by atoms with E-state index in [1.54, 1.807) is 0 Å². The van der Waals surface area contributed by atoms with Gasteiger partial charge in [-0.15, -0.1) is 0 Å². The molecule has 0 aromatic carbocycles. The highest BCUT2D eigenvalue weighted by molar-refractivity contribution is 5.93. The van der Waals surface area contributed by atoms with E-state index < -0.39 is 5.97 Å². The summed E-state index contributed by atoms with van der Waals surface area (Å²) in [7, 11) is 0. The Balaban J connectivity index is 2.08. The van der Waals surface area contributed by atoms with Crippen LogP contribution in [0, 0.1) is 0 Å². The fourth-order valence-electron chi connectivity index (χ4n) is 1.27. The van der Waals surface area contributed by atoms with E-state index in [1.807, 2.05) is 0 Å². The van der Waals surface area contributed by atoms with E-state index in [1.165, 1.54) is 16.9 Å². The van der Waals surface area contributed by atoms with Gasteiger partial charge in [0, 0.05) is 12.2 Å². The number of carbonyl (C=O) groups excluding carboxylic acids is 1. The average Bonchev–Trinajstić information content (AvgIpc) is 2.83. The van der Waals surface area contributed by atoms with Crippen molar-refractivity contribution in [3.63, 3.8) is 0 Å². The SMILES string of the molecule is O=C(O)Cn1nccc1C(=O)NC1CC1. The molecule has 0 bridgehead atoms. The van der Waals surface area contributed by atoms with Gasteiger partial charge in [-0.3, -0.25) is 9.59 Å². The number of carboxylic acids is 1. The Bertz CT molecular complexity index is 395. The van der Waals surface area contributed by atoms with Crippen molar-refractivity contribution in [1.29, 1.82) is 0 Å². The van der Waals surface area contributed by atoms with Crippen LogP contribution in [-0.2, 0) is 11.3 Å². The van der Waals surface area contributed by atoms with E-state index in [2.05, 4.69) is 10.4 Å². The number of aromatic nitrogens is 2. The molecule has 0 spiro atoms. The third kappa shape index (κ3) is 2.34. The van der Waals surface area contributed by atoms with Gasteiger partial charge in [-0.2, -0.15) is 5.10 Å². The first-order chi connectivity index (χ1) is 7.16. The Labute approximate surface area is 85.9 Å². The van der Waals surface area contributed by atoms with Crippen LogP contribution in [0.4, 0.5) is 0 Å². The molecule has 0 unspecified atom stereocenters. The predicted molar refractivity (Wildman–Crippen MR) is 50.4 cm³/mol. The Kier molecular flexibility index (Phi) is 2.40. The molecular formula is C9H11N3O3. The van der Waals surface area contributed by atoms with Gasteiger partial charge in [0.05, 0.1) is 0 Å². The quantitative estimate of drug-likeness (QED) is 0.722. The predicted octanol–water partition coefficient (Wildman–Crippen LogP) is -0.140. The molecule has 1 aliphatic carbocycles. The van der Waals surface area contributed by atoms with Gasteiger partial charge in [-0.25, -0.2) is 4.68 Å². The van der Waals surface area contributed by atoms with E-state index >= 15 is 0 Å². The number of rotatable bonds is 4. The summed E-state index contributed by atoms with van der Waals surface area (Å²) in [6.45, 7) is -0.291. The van der Waals surface area contributed by atoms with Gasteiger partial charge in [0.1, 0.15) is 12.2 Å². The molecule has 0 radical (unpaired) electrons. The molecule has 6 heteroatoms. The summed E-state index contributed by atoms with van der Waals surface area (Å²) < 4.78 is 1.18. The first-order valence-corrected chi connectivity index (χ1v) is 4.71. The maximum absolute atomic E-state index is 11.6. The van der Waals surface area contributed by atoms with Gasteiger partial charge in [-0.1, -0.05) is 0 Å². The number of amides is 1. The molecule has 1 amide bonds. The average molecular weight is 209 g/mol. The molecule has 1 saturated carbocycles. The minimum Gasteiger partial charge on any atom is -0.480 e. The zero-order valence-electron chi connectivity index (χ0n) is 8.01. The molecule has 80 valence electrons. The lowest BCUT2D eigenvalue weighted by atomic mass is 10.4. The van der Waals surface area contributed by atoms with Crippen LogP contribution >= 0.6 is 0 Å². The smallest absolute Gasteiger partial charge is 0.325 e. The van der Waals surface area contributed by atoms with Gasteiger partial charge in [0.25, 0.3) is 5.91 Å². The molecule has 0 aliphatic heterocycles. The van der Waals surface area contributed by atoms with Crippen molar-refractivity contribution in [2.24, 2.45) is 0 Å².